The van der Waals surface area contributed by atoms with E-state index in [-0.39, 0.29) is 11.8 Å². The highest BCUT2D eigenvalue weighted by atomic mass is 35.5. The van der Waals surface area contributed by atoms with Gasteiger partial charge in [0.05, 0.1) is 5.92 Å². The summed E-state index contributed by atoms with van der Waals surface area (Å²) < 4.78 is 0. The van der Waals surface area contributed by atoms with Crippen LogP contribution in [0.5, 0.6) is 0 Å². The molecule has 0 aliphatic carbocycles. The third kappa shape index (κ3) is 5.32. The van der Waals surface area contributed by atoms with Crippen LogP contribution < -0.4 is 5.32 Å². The lowest BCUT2D eigenvalue weighted by atomic mass is 9.96. The molecule has 0 spiro atoms. The maximum Gasteiger partial charge on any atom is 0.224 e. The fourth-order valence-electron chi connectivity index (χ4n) is 3.40. The van der Waals surface area contributed by atoms with Gasteiger partial charge in [0.15, 0.2) is 0 Å². The lowest BCUT2D eigenvalue weighted by Gasteiger charge is -2.32. The Morgan fingerprint density at radius 1 is 1.12 bits per heavy atom. The van der Waals surface area contributed by atoms with Crippen molar-refractivity contribution in [2.45, 2.75) is 25.8 Å². The van der Waals surface area contributed by atoms with Crippen LogP contribution in [0.2, 0.25) is 5.02 Å². The van der Waals surface area contributed by atoms with E-state index >= 15 is 0 Å². The topological polar surface area (TPSA) is 32.3 Å². The van der Waals surface area contributed by atoms with Crippen LogP contribution in [-0.2, 0) is 17.8 Å². The SMILES string of the molecule is O=C(NCCc1ccccc1)[C@@H]1CCCN(Cc2ccccc2Cl)C1. The summed E-state index contributed by atoms with van der Waals surface area (Å²) >= 11 is 6.26. The van der Waals surface area contributed by atoms with E-state index in [2.05, 4.69) is 28.4 Å². The quantitative estimate of drug-likeness (QED) is 0.851. The Bertz CT molecular complexity index is 689. The fourth-order valence-corrected chi connectivity index (χ4v) is 3.60. The summed E-state index contributed by atoms with van der Waals surface area (Å²) in [6.45, 7) is 3.35. The number of hydrogen-bond donors (Lipinski definition) is 1. The molecule has 3 rings (SSSR count). The molecular weight excluding hydrogens is 332 g/mol. The Morgan fingerprint density at radius 2 is 1.88 bits per heavy atom. The lowest BCUT2D eigenvalue weighted by Crippen LogP contribution is -2.43. The summed E-state index contributed by atoms with van der Waals surface area (Å²) in [5.74, 6) is 0.256. The van der Waals surface area contributed by atoms with Crippen LogP contribution in [-0.4, -0.2) is 30.4 Å². The number of amides is 1. The Labute approximate surface area is 155 Å². The minimum Gasteiger partial charge on any atom is -0.355 e. The third-order valence-corrected chi connectivity index (χ3v) is 5.15. The van der Waals surface area contributed by atoms with Crippen molar-refractivity contribution in [2.75, 3.05) is 19.6 Å². The van der Waals surface area contributed by atoms with Gasteiger partial charge in [-0.1, -0.05) is 60.1 Å². The van der Waals surface area contributed by atoms with Gasteiger partial charge in [-0.25, -0.2) is 0 Å². The minimum atomic E-state index is 0.0759. The minimum absolute atomic E-state index is 0.0759. The highest BCUT2D eigenvalue weighted by molar-refractivity contribution is 6.31. The highest BCUT2D eigenvalue weighted by Crippen LogP contribution is 2.22. The van der Waals surface area contributed by atoms with Crippen LogP contribution in [0.25, 0.3) is 0 Å². The molecule has 1 amide bonds. The lowest BCUT2D eigenvalue weighted by molar-refractivity contribution is -0.126. The van der Waals surface area contributed by atoms with Crippen molar-refractivity contribution in [3.63, 3.8) is 0 Å². The van der Waals surface area contributed by atoms with E-state index in [0.29, 0.717) is 6.54 Å². The number of carbonyl (C=O) groups is 1. The Morgan fingerprint density at radius 3 is 2.68 bits per heavy atom. The fraction of sp³-hybridized carbons (Fsp3) is 0.381. The van der Waals surface area contributed by atoms with E-state index in [1.54, 1.807) is 0 Å². The number of hydrogen-bond acceptors (Lipinski definition) is 2. The van der Waals surface area contributed by atoms with Crippen molar-refractivity contribution in [2.24, 2.45) is 5.92 Å². The standard InChI is InChI=1S/C21H25ClN2O/c22-20-11-5-4-9-18(20)15-24-14-6-10-19(16-24)21(25)23-13-12-17-7-2-1-3-8-17/h1-5,7-9,11,19H,6,10,12-16H2,(H,23,25)/t19-/m1/s1. The largest absolute Gasteiger partial charge is 0.355 e. The van der Waals surface area contributed by atoms with E-state index in [9.17, 15) is 4.79 Å². The molecule has 2 aromatic carbocycles. The van der Waals surface area contributed by atoms with Crippen molar-refractivity contribution in [1.29, 1.82) is 0 Å². The van der Waals surface area contributed by atoms with Gasteiger partial charge in [0.25, 0.3) is 0 Å². The van der Waals surface area contributed by atoms with Crippen molar-refractivity contribution in [3.05, 3.63) is 70.7 Å². The molecule has 1 aliphatic rings. The monoisotopic (exact) mass is 356 g/mol. The Hall–Kier alpha value is -1.84. The summed E-state index contributed by atoms with van der Waals surface area (Å²) in [4.78, 5) is 14.8. The number of nitrogens with zero attached hydrogens (tertiary/aromatic N) is 1. The van der Waals surface area contributed by atoms with Crippen LogP contribution >= 0.6 is 11.6 Å². The molecule has 2 aromatic rings. The van der Waals surface area contributed by atoms with Crippen molar-refractivity contribution in [1.82, 2.24) is 10.2 Å². The molecule has 0 unspecified atom stereocenters. The summed E-state index contributed by atoms with van der Waals surface area (Å²) in [6.07, 6.45) is 2.90. The summed E-state index contributed by atoms with van der Waals surface area (Å²) in [7, 11) is 0. The Kier molecular flexibility index (Phi) is 6.48. The number of likely N-dealkylation sites (tertiary alicyclic amines) is 1. The first-order valence-corrected chi connectivity index (χ1v) is 9.37. The first-order chi connectivity index (χ1) is 12.2. The van der Waals surface area contributed by atoms with Crippen molar-refractivity contribution in [3.8, 4) is 0 Å². The summed E-state index contributed by atoms with van der Waals surface area (Å²) in [5, 5.41) is 3.91. The molecule has 1 atom stereocenters. The summed E-state index contributed by atoms with van der Waals surface area (Å²) in [5.41, 5.74) is 2.39. The molecule has 3 nitrogen and oxygen atoms in total. The third-order valence-electron chi connectivity index (χ3n) is 4.78. The number of rotatable bonds is 6. The zero-order valence-electron chi connectivity index (χ0n) is 14.5. The number of nitrogens with one attached hydrogen (secondary N) is 1. The predicted molar refractivity (Wildman–Crippen MR) is 103 cm³/mol. The van der Waals surface area contributed by atoms with E-state index in [1.165, 1.54) is 5.56 Å². The number of piperidine rings is 1. The molecule has 1 N–H and O–H groups in total. The van der Waals surface area contributed by atoms with Gasteiger partial charge in [-0.3, -0.25) is 9.69 Å². The van der Waals surface area contributed by atoms with Gasteiger partial charge in [0, 0.05) is 24.7 Å². The van der Waals surface area contributed by atoms with Crippen LogP contribution in [0.4, 0.5) is 0 Å². The van der Waals surface area contributed by atoms with Crippen LogP contribution in [0.15, 0.2) is 54.6 Å². The molecule has 132 valence electrons. The second-order valence-electron chi connectivity index (χ2n) is 6.69. The average Bonchev–Trinajstić information content (AvgIpc) is 2.65. The zero-order chi connectivity index (χ0) is 17.5. The molecular formula is C21H25ClN2O. The number of halogens is 1. The highest BCUT2D eigenvalue weighted by Gasteiger charge is 2.25. The van der Waals surface area contributed by atoms with Gasteiger partial charge < -0.3 is 5.32 Å². The Balaban J connectivity index is 1.47. The molecule has 0 aromatic heterocycles. The number of carbonyl (C=O) groups excluding carboxylic acids is 1. The molecule has 1 saturated heterocycles. The molecule has 0 saturated carbocycles. The maximum absolute atomic E-state index is 12.5. The van der Waals surface area contributed by atoms with E-state index < -0.39 is 0 Å². The summed E-state index contributed by atoms with van der Waals surface area (Å²) in [6, 6.07) is 18.2. The molecule has 1 fully saturated rings. The van der Waals surface area contributed by atoms with E-state index in [0.717, 1.165) is 49.5 Å². The maximum atomic E-state index is 12.5. The number of benzene rings is 2. The predicted octanol–water partition coefficient (Wildman–Crippen LogP) is 3.91. The van der Waals surface area contributed by atoms with Crippen LogP contribution in [0, 0.1) is 5.92 Å². The van der Waals surface area contributed by atoms with Crippen molar-refractivity contribution < 1.29 is 4.79 Å². The van der Waals surface area contributed by atoms with E-state index in [1.807, 2.05) is 36.4 Å². The molecule has 25 heavy (non-hydrogen) atoms. The smallest absolute Gasteiger partial charge is 0.224 e. The molecule has 0 radical (unpaired) electrons. The van der Waals surface area contributed by atoms with Gasteiger partial charge in [-0.2, -0.15) is 0 Å². The van der Waals surface area contributed by atoms with Gasteiger partial charge in [0.1, 0.15) is 0 Å². The van der Waals surface area contributed by atoms with Crippen molar-refractivity contribution >= 4 is 17.5 Å². The van der Waals surface area contributed by atoms with E-state index in [4.69, 9.17) is 11.6 Å². The zero-order valence-corrected chi connectivity index (χ0v) is 15.2. The van der Waals surface area contributed by atoms with Crippen LogP contribution in [0.1, 0.15) is 24.0 Å². The second kappa shape index (κ2) is 9.02. The second-order valence-corrected chi connectivity index (χ2v) is 7.10. The molecule has 0 bridgehead atoms. The van der Waals surface area contributed by atoms with Gasteiger partial charge in [0.2, 0.25) is 5.91 Å². The first kappa shape index (κ1) is 18.0. The first-order valence-electron chi connectivity index (χ1n) is 9.00. The molecule has 1 aliphatic heterocycles. The average molecular weight is 357 g/mol. The normalized spacial score (nSPS) is 18.0. The van der Waals surface area contributed by atoms with Gasteiger partial charge in [-0.15, -0.1) is 0 Å². The van der Waals surface area contributed by atoms with Gasteiger partial charge >= 0.3 is 0 Å². The van der Waals surface area contributed by atoms with Crippen LogP contribution in [0.3, 0.4) is 0 Å². The molecule has 4 heteroatoms. The molecule has 1 heterocycles. The van der Waals surface area contributed by atoms with Gasteiger partial charge in [-0.05, 0) is 43.0 Å².